The highest BCUT2D eigenvalue weighted by Crippen LogP contribution is 2.18. The molecule has 0 saturated carbocycles. The van der Waals surface area contributed by atoms with Gasteiger partial charge < -0.3 is 9.80 Å². The summed E-state index contributed by atoms with van der Waals surface area (Å²) in [5.41, 5.74) is 0.963. The van der Waals surface area contributed by atoms with Crippen LogP contribution in [0.3, 0.4) is 0 Å². The first-order chi connectivity index (χ1) is 11.4. The second-order valence-corrected chi connectivity index (χ2v) is 6.64. The first kappa shape index (κ1) is 18.5. The van der Waals surface area contributed by atoms with Gasteiger partial charge in [0, 0.05) is 25.2 Å². The van der Waals surface area contributed by atoms with Gasteiger partial charge in [0.15, 0.2) is 0 Å². The normalized spacial score (nSPS) is 10.9. The fraction of sp³-hybridized carbons (Fsp3) is 0.278. The van der Waals surface area contributed by atoms with Crippen LogP contribution in [0.15, 0.2) is 46.9 Å². The lowest BCUT2D eigenvalue weighted by Crippen LogP contribution is -2.36. The first-order valence-corrected chi connectivity index (χ1v) is 8.29. The molecule has 24 heavy (non-hydrogen) atoms. The molecule has 0 aliphatic rings. The van der Waals surface area contributed by atoms with Gasteiger partial charge in [0.05, 0.1) is 4.47 Å². The van der Waals surface area contributed by atoms with E-state index in [-0.39, 0.29) is 23.8 Å². The van der Waals surface area contributed by atoms with Crippen molar-refractivity contribution in [1.29, 1.82) is 0 Å². The third kappa shape index (κ3) is 5.11. The average Bonchev–Trinajstić information content (AvgIpc) is 2.53. The lowest BCUT2D eigenvalue weighted by atomic mass is 10.1. The topological polar surface area (TPSA) is 23.6 Å². The molecule has 6 heteroatoms. The SMILES string of the molecule is CN(C)CCN(Cc1cccc(F)c1)C(=O)c1ccc(Br)c(F)c1. The summed E-state index contributed by atoms with van der Waals surface area (Å²) in [6.45, 7) is 1.38. The number of benzene rings is 2. The molecule has 2 aromatic rings. The van der Waals surface area contributed by atoms with E-state index in [1.54, 1.807) is 23.1 Å². The second-order valence-electron chi connectivity index (χ2n) is 5.79. The Labute approximate surface area is 149 Å². The maximum atomic E-state index is 13.7. The van der Waals surface area contributed by atoms with Crippen LogP contribution in [-0.2, 0) is 6.54 Å². The molecular formula is C18H19BrF2N2O. The van der Waals surface area contributed by atoms with Crippen LogP contribution in [0.1, 0.15) is 15.9 Å². The van der Waals surface area contributed by atoms with Crippen molar-refractivity contribution >= 4 is 21.8 Å². The Bertz CT molecular complexity index is 722. The van der Waals surface area contributed by atoms with Crippen molar-refractivity contribution in [2.24, 2.45) is 0 Å². The fourth-order valence-electron chi connectivity index (χ4n) is 2.24. The quantitative estimate of drug-likeness (QED) is 0.738. The molecule has 2 rings (SSSR count). The molecule has 0 atom stereocenters. The minimum Gasteiger partial charge on any atom is -0.333 e. The van der Waals surface area contributed by atoms with Gasteiger partial charge in [-0.15, -0.1) is 0 Å². The zero-order chi connectivity index (χ0) is 17.7. The maximum absolute atomic E-state index is 13.7. The van der Waals surface area contributed by atoms with Crippen molar-refractivity contribution in [2.45, 2.75) is 6.54 Å². The van der Waals surface area contributed by atoms with E-state index < -0.39 is 5.82 Å². The summed E-state index contributed by atoms with van der Waals surface area (Å²) in [4.78, 5) is 16.3. The molecule has 0 bridgehead atoms. The predicted molar refractivity (Wildman–Crippen MR) is 93.8 cm³/mol. The van der Waals surface area contributed by atoms with Crippen LogP contribution in [0.4, 0.5) is 8.78 Å². The van der Waals surface area contributed by atoms with Crippen molar-refractivity contribution in [3.63, 3.8) is 0 Å². The highest BCUT2D eigenvalue weighted by atomic mass is 79.9. The number of carbonyl (C=O) groups excluding carboxylic acids is 1. The van der Waals surface area contributed by atoms with Crippen molar-refractivity contribution in [3.8, 4) is 0 Å². The highest BCUT2D eigenvalue weighted by Gasteiger charge is 2.18. The molecule has 3 nitrogen and oxygen atoms in total. The maximum Gasteiger partial charge on any atom is 0.254 e. The van der Waals surface area contributed by atoms with E-state index in [1.807, 2.05) is 19.0 Å². The van der Waals surface area contributed by atoms with Gasteiger partial charge in [0.25, 0.3) is 5.91 Å². The van der Waals surface area contributed by atoms with E-state index in [9.17, 15) is 13.6 Å². The molecule has 0 saturated heterocycles. The predicted octanol–water partition coefficient (Wildman–Crippen LogP) is 3.93. The summed E-state index contributed by atoms with van der Waals surface area (Å²) in [5.74, 6) is -1.12. The minimum atomic E-state index is -0.487. The second kappa shape index (κ2) is 8.35. The number of amides is 1. The smallest absolute Gasteiger partial charge is 0.254 e. The van der Waals surface area contributed by atoms with Crippen LogP contribution >= 0.6 is 15.9 Å². The van der Waals surface area contributed by atoms with E-state index in [0.717, 1.165) is 0 Å². The summed E-state index contributed by atoms with van der Waals surface area (Å²) in [6.07, 6.45) is 0. The lowest BCUT2D eigenvalue weighted by molar-refractivity contribution is 0.0731. The van der Waals surface area contributed by atoms with E-state index in [0.29, 0.717) is 23.1 Å². The van der Waals surface area contributed by atoms with Gasteiger partial charge in [-0.25, -0.2) is 8.78 Å². The summed E-state index contributed by atoms with van der Waals surface area (Å²) in [7, 11) is 3.81. The van der Waals surface area contributed by atoms with Gasteiger partial charge in [-0.1, -0.05) is 12.1 Å². The van der Waals surface area contributed by atoms with Crippen LogP contribution in [0, 0.1) is 11.6 Å². The first-order valence-electron chi connectivity index (χ1n) is 7.50. The van der Waals surface area contributed by atoms with Gasteiger partial charge in [0.1, 0.15) is 11.6 Å². The van der Waals surface area contributed by atoms with E-state index in [1.165, 1.54) is 24.3 Å². The average molecular weight is 397 g/mol. The van der Waals surface area contributed by atoms with E-state index in [4.69, 9.17) is 0 Å². The van der Waals surface area contributed by atoms with Gasteiger partial charge in [-0.05, 0) is 65.9 Å². The molecule has 0 aliphatic heterocycles. The molecule has 128 valence electrons. The van der Waals surface area contributed by atoms with Crippen LogP contribution in [0.2, 0.25) is 0 Å². The molecule has 0 aromatic heterocycles. The van der Waals surface area contributed by atoms with Crippen LogP contribution in [0.25, 0.3) is 0 Å². The third-order valence-electron chi connectivity index (χ3n) is 3.53. The third-order valence-corrected chi connectivity index (χ3v) is 4.18. The highest BCUT2D eigenvalue weighted by molar-refractivity contribution is 9.10. The largest absolute Gasteiger partial charge is 0.333 e. The molecule has 0 N–H and O–H groups in total. The Morgan fingerprint density at radius 3 is 2.46 bits per heavy atom. The van der Waals surface area contributed by atoms with Crippen molar-refractivity contribution in [3.05, 3.63) is 69.7 Å². The minimum absolute atomic E-state index is 0.266. The summed E-state index contributed by atoms with van der Waals surface area (Å²) >= 11 is 3.08. The Morgan fingerprint density at radius 2 is 1.83 bits per heavy atom. The number of nitrogens with zero attached hydrogens (tertiary/aromatic N) is 2. The zero-order valence-corrected chi connectivity index (χ0v) is 15.2. The van der Waals surface area contributed by atoms with Crippen molar-refractivity contribution < 1.29 is 13.6 Å². The Balaban J connectivity index is 2.23. The summed E-state index contributed by atoms with van der Waals surface area (Å²) in [6, 6.07) is 10.4. The Kier molecular flexibility index (Phi) is 6.45. The number of hydrogen-bond acceptors (Lipinski definition) is 2. The number of carbonyl (C=O) groups is 1. The molecule has 0 aliphatic carbocycles. The number of hydrogen-bond donors (Lipinski definition) is 0. The molecule has 0 heterocycles. The van der Waals surface area contributed by atoms with Crippen molar-refractivity contribution in [2.75, 3.05) is 27.2 Å². The van der Waals surface area contributed by atoms with Gasteiger partial charge >= 0.3 is 0 Å². The lowest BCUT2D eigenvalue weighted by Gasteiger charge is -2.25. The van der Waals surface area contributed by atoms with Crippen LogP contribution in [-0.4, -0.2) is 42.9 Å². The fourth-order valence-corrected chi connectivity index (χ4v) is 2.49. The summed E-state index contributed by atoms with van der Waals surface area (Å²) < 4.78 is 27.4. The number of halogens is 3. The zero-order valence-electron chi connectivity index (χ0n) is 13.6. The van der Waals surface area contributed by atoms with Gasteiger partial charge in [-0.3, -0.25) is 4.79 Å². The van der Waals surface area contributed by atoms with Crippen LogP contribution in [0.5, 0.6) is 0 Å². The van der Waals surface area contributed by atoms with Crippen LogP contribution < -0.4 is 0 Å². The Hall–Kier alpha value is -1.79. The molecule has 0 radical (unpaired) electrons. The van der Waals surface area contributed by atoms with E-state index in [2.05, 4.69) is 15.9 Å². The summed E-state index contributed by atoms with van der Waals surface area (Å²) in [5, 5.41) is 0. The number of likely N-dealkylation sites (N-methyl/N-ethyl adjacent to an activating group) is 1. The molecule has 1 amide bonds. The monoisotopic (exact) mass is 396 g/mol. The Morgan fingerprint density at radius 1 is 1.08 bits per heavy atom. The standard InChI is InChI=1S/C18H19BrF2N2O/c1-22(2)8-9-23(12-13-4-3-5-15(20)10-13)18(24)14-6-7-16(19)17(21)11-14/h3-7,10-11H,8-9,12H2,1-2H3. The van der Waals surface area contributed by atoms with Gasteiger partial charge in [0.2, 0.25) is 0 Å². The van der Waals surface area contributed by atoms with Gasteiger partial charge in [-0.2, -0.15) is 0 Å². The van der Waals surface area contributed by atoms with Crippen molar-refractivity contribution in [1.82, 2.24) is 9.80 Å². The molecule has 0 unspecified atom stereocenters. The molecule has 0 fully saturated rings. The molecule has 2 aromatic carbocycles. The molecular weight excluding hydrogens is 378 g/mol. The molecule has 0 spiro atoms. The number of rotatable bonds is 6. The van der Waals surface area contributed by atoms with E-state index >= 15 is 0 Å².